The molecule has 0 atom stereocenters. The Balaban J connectivity index is 1.57. The summed E-state index contributed by atoms with van der Waals surface area (Å²) in [6.45, 7) is 5.37. The van der Waals surface area contributed by atoms with Gasteiger partial charge in [-0.05, 0) is 24.8 Å². The highest BCUT2D eigenvalue weighted by atomic mass is 16.5. The van der Waals surface area contributed by atoms with Crippen molar-refractivity contribution in [1.82, 2.24) is 4.90 Å². The summed E-state index contributed by atoms with van der Waals surface area (Å²) in [5.74, 6) is -0.204. The summed E-state index contributed by atoms with van der Waals surface area (Å²) in [5, 5.41) is 0. The Hall–Kier alpha value is -1.39. The van der Waals surface area contributed by atoms with Gasteiger partial charge >= 0.3 is 5.97 Å². The summed E-state index contributed by atoms with van der Waals surface area (Å²) in [4.78, 5) is 14.8. The molecule has 0 spiro atoms. The third-order valence-electron chi connectivity index (χ3n) is 5.63. The number of ether oxygens (including phenoxy) is 1. The van der Waals surface area contributed by atoms with Gasteiger partial charge in [0.05, 0.1) is 6.61 Å². The highest BCUT2D eigenvalue weighted by molar-refractivity contribution is 5.80. The molecule has 0 unspecified atom stereocenters. The molecule has 0 aliphatic carbocycles. The summed E-state index contributed by atoms with van der Waals surface area (Å²) in [7, 11) is 0. The van der Waals surface area contributed by atoms with Crippen molar-refractivity contribution in [3.05, 3.63) is 35.9 Å². The number of hydrogen-bond acceptors (Lipinski definition) is 4. The minimum atomic E-state index is -0.798. The van der Waals surface area contributed by atoms with Gasteiger partial charge in [0.1, 0.15) is 5.54 Å². The van der Waals surface area contributed by atoms with Crippen molar-refractivity contribution < 1.29 is 9.53 Å². The normalized spacial score (nSPS) is 17.0. The van der Waals surface area contributed by atoms with Gasteiger partial charge in [0.2, 0.25) is 0 Å². The number of carbonyl (C=O) groups excluding carboxylic acids is 1. The van der Waals surface area contributed by atoms with Crippen LogP contribution in [0.5, 0.6) is 0 Å². The van der Waals surface area contributed by atoms with Crippen molar-refractivity contribution >= 4 is 5.97 Å². The van der Waals surface area contributed by atoms with E-state index in [4.69, 9.17) is 10.5 Å². The maximum Gasteiger partial charge on any atom is 0.326 e. The first-order valence-electron chi connectivity index (χ1n) is 10.9. The molecule has 2 rings (SSSR count). The van der Waals surface area contributed by atoms with E-state index in [9.17, 15) is 4.79 Å². The molecule has 1 fully saturated rings. The molecule has 27 heavy (non-hydrogen) atoms. The van der Waals surface area contributed by atoms with Crippen LogP contribution in [0.2, 0.25) is 0 Å². The average molecular weight is 375 g/mol. The predicted molar refractivity (Wildman–Crippen MR) is 111 cm³/mol. The molecule has 1 heterocycles. The molecular formula is C23H38N2O2. The average Bonchev–Trinajstić information content (AvgIpc) is 2.69. The molecule has 0 radical (unpaired) electrons. The van der Waals surface area contributed by atoms with E-state index in [0.29, 0.717) is 19.4 Å². The number of likely N-dealkylation sites (tertiary alicyclic amines) is 1. The molecule has 1 aromatic carbocycles. The number of carbonyl (C=O) groups is 1. The zero-order valence-corrected chi connectivity index (χ0v) is 17.1. The van der Waals surface area contributed by atoms with E-state index in [1.807, 2.05) is 6.07 Å². The van der Waals surface area contributed by atoms with Crippen molar-refractivity contribution in [1.29, 1.82) is 0 Å². The lowest BCUT2D eigenvalue weighted by molar-refractivity contribution is -0.152. The number of esters is 1. The van der Waals surface area contributed by atoms with Gasteiger partial charge in [-0.2, -0.15) is 0 Å². The van der Waals surface area contributed by atoms with Crippen LogP contribution in [0.15, 0.2) is 30.3 Å². The summed E-state index contributed by atoms with van der Waals surface area (Å²) in [5.41, 5.74) is 6.87. The minimum absolute atomic E-state index is 0.204. The van der Waals surface area contributed by atoms with Crippen LogP contribution in [0.1, 0.15) is 76.7 Å². The van der Waals surface area contributed by atoms with E-state index in [1.54, 1.807) is 0 Å². The molecule has 152 valence electrons. The number of benzene rings is 1. The molecular weight excluding hydrogens is 336 g/mol. The van der Waals surface area contributed by atoms with Crippen LogP contribution in [-0.4, -0.2) is 36.1 Å². The van der Waals surface area contributed by atoms with Crippen LogP contribution in [-0.2, 0) is 16.1 Å². The SMILES string of the molecule is CCCCCCCCCCOC(=O)C1(N)CCN(Cc2ccccc2)CC1. The molecule has 0 bridgehead atoms. The number of hydrogen-bond donors (Lipinski definition) is 1. The Bertz CT molecular complexity index is 524. The summed E-state index contributed by atoms with van der Waals surface area (Å²) < 4.78 is 5.50. The standard InChI is InChI=1S/C23H38N2O2/c1-2-3-4-5-6-7-8-12-19-27-22(26)23(24)15-17-25(18-16-23)20-21-13-10-9-11-14-21/h9-11,13-14H,2-8,12,15-20,24H2,1H3. The zero-order chi connectivity index (χ0) is 19.4. The molecule has 1 aromatic rings. The van der Waals surface area contributed by atoms with Gasteiger partial charge in [0, 0.05) is 19.6 Å². The van der Waals surface area contributed by atoms with Crippen LogP contribution >= 0.6 is 0 Å². The van der Waals surface area contributed by atoms with Crippen LogP contribution in [0.4, 0.5) is 0 Å². The van der Waals surface area contributed by atoms with E-state index in [-0.39, 0.29) is 5.97 Å². The first-order valence-corrected chi connectivity index (χ1v) is 10.9. The second kappa shape index (κ2) is 12.1. The van der Waals surface area contributed by atoms with Crippen LogP contribution in [0.25, 0.3) is 0 Å². The molecule has 4 nitrogen and oxygen atoms in total. The van der Waals surface area contributed by atoms with Gasteiger partial charge < -0.3 is 10.5 Å². The minimum Gasteiger partial charge on any atom is -0.464 e. The van der Waals surface area contributed by atoms with Crippen molar-refractivity contribution in [3.8, 4) is 0 Å². The highest BCUT2D eigenvalue weighted by Crippen LogP contribution is 2.23. The number of nitrogens with zero attached hydrogens (tertiary/aromatic N) is 1. The Labute approximate surface area is 165 Å². The predicted octanol–water partition coefficient (Wildman–Crippen LogP) is 4.66. The van der Waals surface area contributed by atoms with Crippen molar-refractivity contribution in [2.45, 2.75) is 83.2 Å². The van der Waals surface area contributed by atoms with Gasteiger partial charge in [0.25, 0.3) is 0 Å². The molecule has 0 saturated carbocycles. The summed E-state index contributed by atoms with van der Waals surface area (Å²) in [6.07, 6.45) is 11.3. The lowest BCUT2D eigenvalue weighted by Crippen LogP contribution is -2.56. The summed E-state index contributed by atoms with van der Waals surface area (Å²) in [6, 6.07) is 10.4. The Morgan fingerprint density at radius 3 is 2.22 bits per heavy atom. The number of nitrogens with two attached hydrogens (primary N) is 1. The molecule has 0 amide bonds. The maximum absolute atomic E-state index is 12.4. The second-order valence-corrected chi connectivity index (χ2v) is 8.03. The molecule has 1 saturated heterocycles. The van der Waals surface area contributed by atoms with E-state index >= 15 is 0 Å². The van der Waals surface area contributed by atoms with Crippen LogP contribution in [0, 0.1) is 0 Å². The number of unbranched alkanes of at least 4 members (excludes halogenated alkanes) is 7. The maximum atomic E-state index is 12.4. The second-order valence-electron chi connectivity index (χ2n) is 8.03. The quantitative estimate of drug-likeness (QED) is 0.427. The lowest BCUT2D eigenvalue weighted by Gasteiger charge is -2.37. The zero-order valence-electron chi connectivity index (χ0n) is 17.1. The first kappa shape index (κ1) is 21.9. The third kappa shape index (κ3) is 8.02. The van der Waals surface area contributed by atoms with Gasteiger partial charge in [-0.15, -0.1) is 0 Å². The first-order chi connectivity index (χ1) is 13.1. The van der Waals surface area contributed by atoms with Crippen molar-refractivity contribution in [2.75, 3.05) is 19.7 Å². The van der Waals surface area contributed by atoms with Gasteiger partial charge in [-0.3, -0.25) is 9.69 Å². The Morgan fingerprint density at radius 2 is 1.59 bits per heavy atom. The third-order valence-corrected chi connectivity index (χ3v) is 5.63. The topological polar surface area (TPSA) is 55.6 Å². The van der Waals surface area contributed by atoms with E-state index in [0.717, 1.165) is 32.5 Å². The summed E-state index contributed by atoms with van der Waals surface area (Å²) >= 11 is 0. The lowest BCUT2D eigenvalue weighted by atomic mass is 9.88. The van der Waals surface area contributed by atoms with Crippen LogP contribution in [0.3, 0.4) is 0 Å². The van der Waals surface area contributed by atoms with E-state index in [1.165, 1.54) is 44.1 Å². The fourth-order valence-corrected chi connectivity index (χ4v) is 3.70. The van der Waals surface area contributed by atoms with E-state index < -0.39 is 5.54 Å². The fourth-order valence-electron chi connectivity index (χ4n) is 3.70. The Kier molecular flexibility index (Phi) is 9.85. The number of piperidine rings is 1. The van der Waals surface area contributed by atoms with Crippen LogP contribution < -0.4 is 5.73 Å². The smallest absolute Gasteiger partial charge is 0.326 e. The molecule has 2 N–H and O–H groups in total. The van der Waals surface area contributed by atoms with Gasteiger partial charge in [-0.25, -0.2) is 0 Å². The Morgan fingerprint density at radius 1 is 1.00 bits per heavy atom. The van der Waals surface area contributed by atoms with Crippen molar-refractivity contribution in [3.63, 3.8) is 0 Å². The fraction of sp³-hybridized carbons (Fsp3) is 0.696. The number of rotatable bonds is 12. The molecule has 0 aromatic heterocycles. The van der Waals surface area contributed by atoms with Gasteiger partial charge in [0.15, 0.2) is 0 Å². The van der Waals surface area contributed by atoms with Gasteiger partial charge in [-0.1, -0.05) is 82.2 Å². The molecule has 1 aliphatic rings. The molecule has 4 heteroatoms. The van der Waals surface area contributed by atoms with Crippen molar-refractivity contribution in [2.24, 2.45) is 5.73 Å². The van der Waals surface area contributed by atoms with E-state index in [2.05, 4.69) is 36.1 Å². The highest BCUT2D eigenvalue weighted by Gasteiger charge is 2.38. The monoisotopic (exact) mass is 374 g/mol. The largest absolute Gasteiger partial charge is 0.464 e. The molecule has 1 aliphatic heterocycles.